The predicted octanol–water partition coefficient (Wildman–Crippen LogP) is 0.527. The topological polar surface area (TPSA) is 50.4 Å². The SMILES string of the molecule is CCOC(=O)CNC1CCNCC1(C)C. The van der Waals surface area contributed by atoms with E-state index in [1.54, 1.807) is 0 Å². The first-order valence-electron chi connectivity index (χ1n) is 5.66. The molecule has 1 rings (SSSR count). The molecule has 1 aliphatic rings. The first-order chi connectivity index (χ1) is 7.06. The molecule has 1 unspecified atom stereocenters. The zero-order chi connectivity index (χ0) is 11.3. The molecule has 0 saturated carbocycles. The Morgan fingerprint density at radius 3 is 2.93 bits per heavy atom. The van der Waals surface area contributed by atoms with Crippen molar-refractivity contribution in [2.24, 2.45) is 5.41 Å². The van der Waals surface area contributed by atoms with Crippen LogP contribution in [0.2, 0.25) is 0 Å². The van der Waals surface area contributed by atoms with Crippen LogP contribution in [0.15, 0.2) is 0 Å². The Bertz CT molecular complexity index is 217. The van der Waals surface area contributed by atoms with Crippen LogP contribution in [-0.4, -0.2) is 38.3 Å². The van der Waals surface area contributed by atoms with Crippen molar-refractivity contribution in [1.82, 2.24) is 10.6 Å². The fraction of sp³-hybridized carbons (Fsp3) is 0.909. The highest BCUT2D eigenvalue weighted by molar-refractivity contribution is 5.71. The van der Waals surface area contributed by atoms with Gasteiger partial charge in [0.15, 0.2) is 0 Å². The van der Waals surface area contributed by atoms with Gasteiger partial charge in [0.2, 0.25) is 0 Å². The summed E-state index contributed by atoms with van der Waals surface area (Å²) < 4.78 is 4.88. The smallest absolute Gasteiger partial charge is 0.319 e. The molecule has 1 saturated heterocycles. The number of esters is 1. The maximum absolute atomic E-state index is 11.2. The van der Waals surface area contributed by atoms with Crippen LogP contribution in [0.25, 0.3) is 0 Å². The van der Waals surface area contributed by atoms with E-state index in [-0.39, 0.29) is 11.4 Å². The van der Waals surface area contributed by atoms with Crippen molar-refractivity contribution in [3.05, 3.63) is 0 Å². The van der Waals surface area contributed by atoms with Crippen LogP contribution in [0.4, 0.5) is 0 Å². The molecule has 0 radical (unpaired) electrons. The maximum atomic E-state index is 11.2. The third-order valence-corrected chi connectivity index (χ3v) is 2.93. The fourth-order valence-electron chi connectivity index (χ4n) is 1.97. The van der Waals surface area contributed by atoms with Gasteiger partial charge in [-0.15, -0.1) is 0 Å². The van der Waals surface area contributed by atoms with Crippen LogP contribution in [0.1, 0.15) is 27.2 Å². The Morgan fingerprint density at radius 1 is 1.60 bits per heavy atom. The van der Waals surface area contributed by atoms with Crippen LogP contribution < -0.4 is 10.6 Å². The molecule has 4 nitrogen and oxygen atoms in total. The van der Waals surface area contributed by atoms with E-state index in [0.717, 1.165) is 19.5 Å². The summed E-state index contributed by atoms with van der Waals surface area (Å²) >= 11 is 0. The highest BCUT2D eigenvalue weighted by atomic mass is 16.5. The van der Waals surface area contributed by atoms with E-state index in [2.05, 4.69) is 24.5 Å². The molecule has 2 N–H and O–H groups in total. The van der Waals surface area contributed by atoms with Gasteiger partial charge in [0.1, 0.15) is 0 Å². The van der Waals surface area contributed by atoms with Crippen molar-refractivity contribution in [2.45, 2.75) is 33.2 Å². The van der Waals surface area contributed by atoms with Gasteiger partial charge >= 0.3 is 5.97 Å². The molecule has 1 heterocycles. The summed E-state index contributed by atoms with van der Waals surface area (Å²) in [4.78, 5) is 11.2. The number of ether oxygens (including phenoxy) is 1. The van der Waals surface area contributed by atoms with Crippen LogP contribution in [-0.2, 0) is 9.53 Å². The Labute approximate surface area is 91.8 Å². The van der Waals surface area contributed by atoms with Crippen molar-refractivity contribution in [3.63, 3.8) is 0 Å². The number of carbonyl (C=O) groups excluding carboxylic acids is 1. The zero-order valence-corrected chi connectivity index (χ0v) is 9.93. The van der Waals surface area contributed by atoms with E-state index < -0.39 is 0 Å². The first kappa shape index (κ1) is 12.5. The molecular formula is C11H22N2O2. The van der Waals surface area contributed by atoms with E-state index in [1.165, 1.54) is 0 Å². The average molecular weight is 214 g/mol. The number of nitrogens with one attached hydrogen (secondary N) is 2. The van der Waals surface area contributed by atoms with Gasteiger partial charge in [-0.05, 0) is 25.3 Å². The monoisotopic (exact) mass is 214 g/mol. The maximum Gasteiger partial charge on any atom is 0.319 e. The summed E-state index contributed by atoms with van der Waals surface area (Å²) in [5.41, 5.74) is 0.199. The molecule has 0 aromatic heterocycles. The van der Waals surface area contributed by atoms with E-state index in [9.17, 15) is 4.79 Å². The molecule has 0 spiro atoms. The first-order valence-corrected chi connectivity index (χ1v) is 5.66. The fourth-order valence-corrected chi connectivity index (χ4v) is 1.97. The Hall–Kier alpha value is -0.610. The molecule has 0 aliphatic carbocycles. The lowest BCUT2D eigenvalue weighted by Crippen LogP contribution is -2.53. The van der Waals surface area contributed by atoms with Crippen LogP contribution in [0, 0.1) is 5.41 Å². The van der Waals surface area contributed by atoms with Gasteiger partial charge in [0, 0.05) is 12.6 Å². The van der Waals surface area contributed by atoms with Crippen molar-refractivity contribution < 1.29 is 9.53 Å². The molecule has 0 aromatic carbocycles. The van der Waals surface area contributed by atoms with E-state index in [1.807, 2.05) is 6.92 Å². The van der Waals surface area contributed by atoms with Crippen LogP contribution >= 0.6 is 0 Å². The summed E-state index contributed by atoms with van der Waals surface area (Å²) in [7, 11) is 0. The lowest BCUT2D eigenvalue weighted by atomic mass is 9.80. The van der Waals surface area contributed by atoms with E-state index in [4.69, 9.17) is 4.74 Å². The van der Waals surface area contributed by atoms with Crippen LogP contribution in [0.3, 0.4) is 0 Å². The van der Waals surface area contributed by atoms with Gasteiger partial charge in [0.25, 0.3) is 0 Å². The van der Waals surface area contributed by atoms with Crippen molar-refractivity contribution in [3.8, 4) is 0 Å². The standard InChI is InChI=1S/C11H22N2O2/c1-4-15-10(14)7-13-9-5-6-12-8-11(9,2)3/h9,12-13H,4-8H2,1-3H3. The quantitative estimate of drug-likeness (QED) is 0.670. The van der Waals surface area contributed by atoms with Crippen molar-refractivity contribution in [1.29, 1.82) is 0 Å². The minimum Gasteiger partial charge on any atom is -0.465 e. The molecule has 1 aliphatic heterocycles. The zero-order valence-electron chi connectivity index (χ0n) is 9.93. The second kappa shape index (κ2) is 5.47. The Morgan fingerprint density at radius 2 is 2.33 bits per heavy atom. The number of rotatable bonds is 4. The lowest BCUT2D eigenvalue weighted by molar-refractivity contribution is -0.142. The summed E-state index contributed by atoms with van der Waals surface area (Å²) in [6, 6.07) is 0.392. The Kier molecular flexibility index (Phi) is 4.54. The van der Waals surface area contributed by atoms with Gasteiger partial charge in [-0.2, -0.15) is 0 Å². The number of carbonyl (C=O) groups is 1. The normalized spacial score (nSPS) is 24.9. The second-order valence-electron chi connectivity index (χ2n) is 4.69. The van der Waals surface area contributed by atoms with Crippen molar-refractivity contribution in [2.75, 3.05) is 26.2 Å². The summed E-state index contributed by atoms with van der Waals surface area (Å²) in [6.07, 6.45) is 1.06. The van der Waals surface area contributed by atoms with Gasteiger partial charge in [-0.25, -0.2) is 0 Å². The molecule has 0 bridgehead atoms. The highest BCUT2D eigenvalue weighted by Gasteiger charge is 2.31. The van der Waals surface area contributed by atoms with Gasteiger partial charge in [0.05, 0.1) is 13.2 Å². The third kappa shape index (κ3) is 3.80. The predicted molar refractivity (Wildman–Crippen MR) is 59.7 cm³/mol. The summed E-state index contributed by atoms with van der Waals surface area (Å²) in [5, 5.41) is 6.64. The summed E-state index contributed by atoms with van der Waals surface area (Å²) in [5.74, 6) is -0.160. The molecule has 1 atom stereocenters. The molecule has 88 valence electrons. The van der Waals surface area contributed by atoms with Gasteiger partial charge in [-0.3, -0.25) is 4.79 Å². The molecule has 1 fully saturated rings. The molecule has 0 aromatic rings. The van der Waals surface area contributed by atoms with Crippen LogP contribution in [0.5, 0.6) is 0 Å². The lowest BCUT2D eigenvalue weighted by Gasteiger charge is -2.39. The minimum absolute atomic E-state index is 0.160. The highest BCUT2D eigenvalue weighted by Crippen LogP contribution is 2.24. The molecule has 0 amide bonds. The molecule has 15 heavy (non-hydrogen) atoms. The minimum atomic E-state index is -0.160. The second-order valence-corrected chi connectivity index (χ2v) is 4.69. The molecule has 4 heteroatoms. The third-order valence-electron chi connectivity index (χ3n) is 2.93. The number of piperidine rings is 1. The van der Waals surface area contributed by atoms with Crippen molar-refractivity contribution >= 4 is 5.97 Å². The van der Waals surface area contributed by atoms with E-state index in [0.29, 0.717) is 19.2 Å². The summed E-state index contributed by atoms with van der Waals surface area (Å²) in [6.45, 7) is 9.03. The largest absolute Gasteiger partial charge is 0.465 e. The van der Waals surface area contributed by atoms with E-state index >= 15 is 0 Å². The van der Waals surface area contributed by atoms with Gasteiger partial charge in [-0.1, -0.05) is 13.8 Å². The number of hydrogen-bond acceptors (Lipinski definition) is 4. The van der Waals surface area contributed by atoms with Gasteiger partial charge < -0.3 is 15.4 Å². The molecular weight excluding hydrogens is 192 g/mol. The Balaban J connectivity index is 2.33. The number of hydrogen-bond donors (Lipinski definition) is 2. The average Bonchev–Trinajstić information content (AvgIpc) is 2.16.